The van der Waals surface area contributed by atoms with Crippen molar-refractivity contribution in [3.8, 4) is 11.5 Å². The highest BCUT2D eigenvalue weighted by Crippen LogP contribution is 2.24. The predicted octanol–water partition coefficient (Wildman–Crippen LogP) is 1.92. The van der Waals surface area contributed by atoms with Crippen LogP contribution in [0.3, 0.4) is 0 Å². The quantitative estimate of drug-likeness (QED) is 0.815. The van der Waals surface area contributed by atoms with Crippen LogP contribution in [0.2, 0.25) is 0 Å². The highest BCUT2D eigenvalue weighted by molar-refractivity contribution is 5.40. The Labute approximate surface area is 124 Å². The molecular formula is C16H20N2O3. The standard InChI is InChI=1S/C16H20N2O3/c1-20-14-6-5-13(16(8-14)21-2)10-18-11-15(19)12-4-3-7-17-9-12/h3-9,15,18-19H,10-11H2,1-2H3. The lowest BCUT2D eigenvalue weighted by Crippen LogP contribution is -2.21. The molecule has 1 aromatic heterocycles. The first kappa shape index (κ1) is 15.3. The number of methoxy groups -OCH3 is 2. The minimum Gasteiger partial charge on any atom is -0.497 e. The number of aromatic nitrogens is 1. The number of pyridine rings is 1. The number of hydrogen-bond donors (Lipinski definition) is 2. The molecule has 0 fully saturated rings. The lowest BCUT2D eigenvalue weighted by molar-refractivity contribution is 0.174. The summed E-state index contributed by atoms with van der Waals surface area (Å²) in [6.45, 7) is 1.05. The Morgan fingerprint density at radius 2 is 2.10 bits per heavy atom. The zero-order valence-corrected chi connectivity index (χ0v) is 12.2. The Bertz CT molecular complexity index is 561. The van der Waals surface area contributed by atoms with Gasteiger partial charge in [-0.25, -0.2) is 0 Å². The van der Waals surface area contributed by atoms with Crippen molar-refractivity contribution in [3.05, 3.63) is 53.9 Å². The van der Waals surface area contributed by atoms with E-state index in [2.05, 4.69) is 10.3 Å². The summed E-state index contributed by atoms with van der Waals surface area (Å²) in [6.07, 6.45) is 2.77. The van der Waals surface area contributed by atoms with Crippen LogP contribution in [0, 0.1) is 0 Å². The molecule has 0 spiro atoms. The first-order valence-electron chi connectivity index (χ1n) is 6.74. The lowest BCUT2D eigenvalue weighted by atomic mass is 10.1. The van der Waals surface area contributed by atoms with Gasteiger partial charge in [0.2, 0.25) is 0 Å². The molecule has 0 aliphatic rings. The van der Waals surface area contributed by atoms with Crippen LogP contribution in [-0.2, 0) is 6.54 Å². The number of nitrogens with zero attached hydrogens (tertiary/aromatic N) is 1. The second-order valence-electron chi connectivity index (χ2n) is 4.61. The van der Waals surface area contributed by atoms with Crippen molar-refractivity contribution >= 4 is 0 Å². The topological polar surface area (TPSA) is 63.6 Å². The molecule has 2 rings (SSSR count). The van der Waals surface area contributed by atoms with Crippen LogP contribution in [0.5, 0.6) is 11.5 Å². The first-order chi connectivity index (χ1) is 10.2. The summed E-state index contributed by atoms with van der Waals surface area (Å²) in [5, 5.41) is 13.3. The summed E-state index contributed by atoms with van der Waals surface area (Å²) in [4.78, 5) is 4.00. The van der Waals surface area contributed by atoms with E-state index in [1.54, 1.807) is 26.6 Å². The van der Waals surface area contributed by atoms with Gasteiger partial charge in [-0.2, -0.15) is 0 Å². The second kappa shape index (κ2) is 7.61. The van der Waals surface area contributed by atoms with Crippen LogP contribution in [0.4, 0.5) is 0 Å². The second-order valence-corrected chi connectivity index (χ2v) is 4.61. The molecule has 1 unspecified atom stereocenters. The van der Waals surface area contributed by atoms with Gasteiger partial charge in [-0.05, 0) is 12.1 Å². The molecule has 2 aromatic rings. The van der Waals surface area contributed by atoms with Crippen LogP contribution in [-0.4, -0.2) is 30.9 Å². The Morgan fingerprint density at radius 1 is 1.24 bits per heavy atom. The number of nitrogens with one attached hydrogen (secondary N) is 1. The maximum absolute atomic E-state index is 10.1. The molecule has 0 aliphatic carbocycles. The molecule has 1 aromatic carbocycles. The van der Waals surface area contributed by atoms with E-state index in [-0.39, 0.29) is 0 Å². The van der Waals surface area contributed by atoms with Crippen LogP contribution in [0.15, 0.2) is 42.7 Å². The molecule has 1 heterocycles. The van der Waals surface area contributed by atoms with Gasteiger partial charge in [0.15, 0.2) is 0 Å². The Balaban J connectivity index is 1.91. The maximum Gasteiger partial charge on any atom is 0.127 e. The van der Waals surface area contributed by atoms with Crippen LogP contribution < -0.4 is 14.8 Å². The van der Waals surface area contributed by atoms with E-state index in [1.165, 1.54) is 0 Å². The molecule has 5 nitrogen and oxygen atoms in total. The lowest BCUT2D eigenvalue weighted by Gasteiger charge is -2.14. The zero-order chi connectivity index (χ0) is 15.1. The summed E-state index contributed by atoms with van der Waals surface area (Å²) < 4.78 is 10.5. The van der Waals surface area contributed by atoms with Crippen molar-refractivity contribution < 1.29 is 14.6 Å². The van der Waals surface area contributed by atoms with Gasteiger partial charge in [-0.1, -0.05) is 12.1 Å². The number of ether oxygens (including phenoxy) is 2. The van der Waals surface area contributed by atoms with Gasteiger partial charge in [0.1, 0.15) is 11.5 Å². The average Bonchev–Trinajstić information content (AvgIpc) is 2.55. The van der Waals surface area contributed by atoms with Gasteiger partial charge in [0.05, 0.1) is 20.3 Å². The van der Waals surface area contributed by atoms with Crippen LogP contribution in [0.1, 0.15) is 17.2 Å². The van der Waals surface area contributed by atoms with E-state index in [0.717, 1.165) is 22.6 Å². The van der Waals surface area contributed by atoms with Gasteiger partial charge in [0.25, 0.3) is 0 Å². The van der Waals surface area contributed by atoms with Gasteiger partial charge >= 0.3 is 0 Å². The van der Waals surface area contributed by atoms with Crippen LogP contribution >= 0.6 is 0 Å². The summed E-state index contributed by atoms with van der Waals surface area (Å²) in [6, 6.07) is 9.34. The van der Waals surface area contributed by atoms with Crippen LogP contribution in [0.25, 0.3) is 0 Å². The molecule has 1 atom stereocenters. The SMILES string of the molecule is COc1ccc(CNCC(O)c2cccnc2)c(OC)c1. The molecule has 0 aliphatic heterocycles. The first-order valence-corrected chi connectivity index (χ1v) is 6.74. The van der Waals surface area contributed by atoms with Crippen molar-refractivity contribution in [1.29, 1.82) is 0 Å². The average molecular weight is 288 g/mol. The number of aliphatic hydroxyl groups is 1. The molecule has 2 N–H and O–H groups in total. The molecule has 0 amide bonds. The Hall–Kier alpha value is -2.11. The molecule has 0 radical (unpaired) electrons. The van der Waals surface area contributed by atoms with Crippen molar-refractivity contribution in [3.63, 3.8) is 0 Å². The van der Waals surface area contributed by atoms with Crippen molar-refractivity contribution in [2.75, 3.05) is 20.8 Å². The third-order valence-electron chi connectivity index (χ3n) is 3.22. The largest absolute Gasteiger partial charge is 0.497 e. The molecule has 0 bridgehead atoms. The summed E-state index contributed by atoms with van der Waals surface area (Å²) in [7, 11) is 3.25. The Kier molecular flexibility index (Phi) is 5.54. The van der Waals surface area contributed by atoms with Crippen molar-refractivity contribution in [1.82, 2.24) is 10.3 Å². The molecular weight excluding hydrogens is 268 g/mol. The van der Waals surface area contributed by atoms with Gasteiger partial charge in [-0.15, -0.1) is 0 Å². The van der Waals surface area contributed by atoms with E-state index in [9.17, 15) is 5.11 Å². The molecule has 112 valence electrons. The van der Waals surface area contributed by atoms with Crippen molar-refractivity contribution in [2.24, 2.45) is 0 Å². The fourth-order valence-corrected chi connectivity index (χ4v) is 2.03. The molecule has 21 heavy (non-hydrogen) atoms. The highest BCUT2D eigenvalue weighted by Gasteiger charge is 2.08. The normalized spacial score (nSPS) is 12.0. The van der Waals surface area contributed by atoms with Gasteiger partial charge < -0.3 is 19.9 Å². The minimum atomic E-state index is -0.581. The van der Waals surface area contributed by atoms with Crippen molar-refractivity contribution in [2.45, 2.75) is 12.6 Å². The third kappa shape index (κ3) is 4.18. The molecule has 5 heteroatoms. The molecule has 0 saturated carbocycles. The fourth-order valence-electron chi connectivity index (χ4n) is 2.03. The van der Waals surface area contributed by atoms with Gasteiger partial charge in [0, 0.05) is 42.7 Å². The molecule has 0 saturated heterocycles. The summed E-state index contributed by atoms with van der Waals surface area (Å²) in [5.41, 5.74) is 1.81. The highest BCUT2D eigenvalue weighted by atomic mass is 16.5. The third-order valence-corrected chi connectivity index (χ3v) is 3.22. The number of aliphatic hydroxyl groups excluding tert-OH is 1. The smallest absolute Gasteiger partial charge is 0.127 e. The van der Waals surface area contributed by atoms with Gasteiger partial charge in [-0.3, -0.25) is 4.98 Å². The number of rotatable bonds is 7. The van der Waals surface area contributed by atoms with E-state index >= 15 is 0 Å². The monoisotopic (exact) mass is 288 g/mol. The summed E-state index contributed by atoms with van der Waals surface area (Å²) in [5.74, 6) is 1.52. The van der Waals surface area contributed by atoms with E-state index in [1.807, 2.05) is 30.3 Å². The maximum atomic E-state index is 10.1. The van der Waals surface area contributed by atoms with E-state index in [0.29, 0.717) is 13.1 Å². The number of benzene rings is 1. The van der Waals surface area contributed by atoms with E-state index in [4.69, 9.17) is 9.47 Å². The predicted molar refractivity (Wildman–Crippen MR) is 80.4 cm³/mol. The summed E-state index contributed by atoms with van der Waals surface area (Å²) >= 11 is 0. The number of hydrogen-bond acceptors (Lipinski definition) is 5. The Morgan fingerprint density at radius 3 is 2.76 bits per heavy atom. The van der Waals surface area contributed by atoms with E-state index < -0.39 is 6.10 Å². The fraction of sp³-hybridized carbons (Fsp3) is 0.312. The minimum absolute atomic E-state index is 0.445. The zero-order valence-electron chi connectivity index (χ0n) is 12.2.